The number of rotatable bonds is 9. The summed E-state index contributed by atoms with van der Waals surface area (Å²) in [6.45, 7) is 6.41. The Morgan fingerprint density at radius 2 is 1.75 bits per heavy atom. The Kier molecular flexibility index (Phi) is 7.15. The van der Waals surface area contributed by atoms with Crippen LogP contribution in [0.1, 0.15) is 25.3 Å². The van der Waals surface area contributed by atoms with Crippen LogP contribution in [-0.2, 0) is 14.8 Å². The molecule has 0 spiro atoms. The van der Waals surface area contributed by atoms with Gasteiger partial charge in [-0.25, -0.2) is 13.1 Å². The number of methoxy groups -OCH3 is 1. The first kappa shape index (κ1) is 17.1. The second-order valence-corrected chi connectivity index (χ2v) is 6.63. The molecule has 0 bridgehead atoms. The first-order chi connectivity index (χ1) is 9.47. The molecule has 0 aliphatic heterocycles. The van der Waals surface area contributed by atoms with Crippen LogP contribution in [0.4, 0.5) is 0 Å². The van der Waals surface area contributed by atoms with E-state index in [4.69, 9.17) is 4.74 Å². The molecule has 2 N–H and O–H groups in total. The van der Waals surface area contributed by atoms with E-state index in [0.717, 1.165) is 5.56 Å². The van der Waals surface area contributed by atoms with E-state index in [1.165, 1.54) is 0 Å². The Hall–Kier alpha value is -0.950. The number of sulfonamides is 1. The summed E-state index contributed by atoms with van der Waals surface area (Å²) in [4.78, 5) is 0.304. The molecular formula is C14H24N2O3S. The van der Waals surface area contributed by atoms with E-state index in [0.29, 0.717) is 37.1 Å². The van der Waals surface area contributed by atoms with Crippen molar-refractivity contribution in [3.8, 4) is 0 Å². The standard InChI is InChI=1S/C14H24N2O3S/c1-12(2)13-4-6-14(7-5-13)20(17,18)16-9-8-15-10-11-19-3/h4-7,12,15-16H,8-11H2,1-3H3. The van der Waals surface area contributed by atoms with Crippen molar-refractivity contribution in [2.45, 2.75) is 24.7 Å². The lowest BCUT2D eigenvalue weighted by Crippen LogP contribution is -2.33. The molecule has 0 atom stereocenters. The number of ether oxygens (including phenoxy) is 1. The summed E-state index contributed by atoms with van der Waals surface area (Å²) in [5, 5.41) is 3.08. The number of hydrogen-bond acceptors (Lipinski definition) is 4. The van der Waals surface area contributed by atoms with Gasteiger partial charge in [-0.1, -0.05) is 26.0 Å². The quantitative estimate of drug-likeness (QED) is 0.675. The van der Waals surface area contributed by atoms with Gasteiger partial charge in [-0.15, -0.1) is 0 Å². The van der Waals surface area contributed by atoms with Crippen molar-refractivity contribution in [2.75, 3.05) is 33.4 Å². The van der Waals surface area contributed by atoms with Crippen LogP contribution in [0.5, 0.6) is 0 Å². The second kappa shape index (κ2) is 8.36. The summed E-state index contributed by atoms with van der Waals surface area (Å²) in [5.41, 5.74) is 1.13. The number of nitrogens with one attached hydrogen (secondary N) is 2. The van der Waals surface area contributed by atoms with E-state index in [2.05, 4.69) is 23.9 Å². The van der Waals surface area contributed by atoms with Gasteiger partial charge < -0.3 is 10.1 Å². The molecule has 0 saturated carbocycles. The SMILES string of the molecule is COCCNCCNS(=O)(=O)c1ccc(C(C)C)cc1. The van der Waals surface area contributed by atoms with Crippen molar-refractivity contribution in [2.24, 2.45) is 0 Å². The maximum atomic E-state index is 12.0. The maximum Gasteiger partial charge on any atom is 0.240 e. The van der Waals surface area contributed by atoms with Crippen LogP contribution >= 0.6 is 0 Å². The third-order valence-electron chi connectivity index (χ3n) is 2.93. The predicted molar refractivity (Wildman–Crippen MR) is 80.5 cm³/mol. The van der Waals surface area contributed by atoms with E-state index in [1.807, 2.05) is 12.1 Å². The molecule has 0 heterocycles. The molecule has 114 valence electrons. The fraction of sp³-hybridized carbons (Fsp3) is 0.571. The highest BCUT2D eigenvalue weighted by Crippen LogP contribution is 2.16. The predicted octanol–water partition coefficient (Wildman–Crippen LogP) is 1.32. The monoisotopic (exact) mass is 300 g/mol. The number of benzene rings is 1. The molecule has 1 aromatic carbocycles. The Morgan fingerprint density at radius 3 is 2.30 bits per heavy atom. The van der Waals surface area contributed by atoms with Gasteiger partial charge in [0.15, 0.2) is 0 Å². The molecule has 5 nitrogen and oxygen atoms in total. The summed E-state index contributed by atoms with van der Waals surface area (Å²) >= 11 is 0. The van der Waals surface area contributed by atoms with Crippen molar-refractivity contribution < 1.29 is 13.2 Å². The van der Waals surface area contributed by atoms with Gasteiger partial charge in [-0.3, -0.25) is 0 Å². The van der Waals surface area contributed by atoms with Crippen LogP contribution in [0.3, 0.4) is 0 Å². The molecule has 0 fully saturated rings. The molecule has 6 heteroatoms. The van der Waals surface area contributed by atoms with Crippen molar-refractivity contribution >= 4 is 10.0 Å². The highest BCUT2D eigenvalue weighted by Gasteiger charge is 2.13. The van der Waals surface area contributed by atoms with Crippen LogP contribution < -0.4 is 10.0 Å². The summed E-state index contributed by atoms with van der Waals surface area (Å²) in [5.74, 6) is 0.393. The van der Waals surface area contributed by atoms with Gasteiger partial charge >= 0.3 is 0 Å². The van der Waals surface area contributed by atoms with Crippen LogP contribution in [-0.4, -0.2) is 41.8 Å². The Balaban J connectivity index is 2.47. The molecule has 0 aliphatic rings. The van der Waals surface area contributed by atoms with Gasteiger partial charge in [-0.05, 0) is 23.6 Å². The molecule has 0 aliphatic carbocycles. The smallest absolute Gasteiger partial charge is 0.240 e. The lowest BCUT2D eigenvalue weighted by Gasteiger charge is -2.09. The lowest BCUT2D eigenvalue weighted by molar-refractivity contribution is 0.199. The zero-order valence-electron chi connectivity index (χ0n) is 12.3. The lowest BCUT2D eigenvalue weighted by atomic mass is 10.0. The van der Waals surface area contributed by atoms with Gasteiger partial charge in [-0.2, -0.15) is 0 Å². The highest BCUT2D eigenvalue weighted by atomic mass is 32.2. The first-order valence-electron chi connectivity index (χ1n) is 6.76. The van der Waals surface area contributed by atoms with E-state index < -0.39 is 10.0 Å². The van der Waals surface area contributed by atoms with Crippen LogP contribution in [0.25, 0.3) is 0 Å². The van der Waals surface area contributed by atoms with Crippen molar-refractivity contribution in [1.29, 1.82) is 0 Å². The third kappa shape index (κ3) is 5.58. The molecule has 0 aromatic heterocycles. The van der Waals surface area contributed by atoms with Gasteiger partial charge in [0.1, 0.15) is 0 Å². The highest BCUT2D eigenvalue weighted by molar-refractivity contribution is 7.89. The van der Waals surface area contributed by atoms with Gasteiger partial charge in [0.2, 0.25) is 10.0 Å². The average Bonchev–Trinajstić information content (AvgIpc) is 2.43. The van der Waals surface area contributed by atoms with Gasteiger partial charge in [0.25, 0.3) is 0 Å². The Morgan fingerprint density at radius 1 is 1.10 bits per heavy atom. The molecular weight excluding hydrogens is 276 g/mol. The summed E-state index contributed by atoms with van der Waals surface area (Å²) in [6, 6.07) is 7.01. The van der Waals surface area contributed by atoms with Gasteiger partial charge in [0, 0.05) is 26.7 Å². The van der Waals surface area contributed by atoms with Crippen molar-refractivity contribution in [1.82, 2.24) is 10.0 Å². The molecule has 1 rings (SSSR count). The Labute approximate surface area is 121 Å². The fourth-order valence-electron chi connectivity index (χ4n) is 1.69. The van der Waals surface area contributed by atoms with Gasteiger partial charge in [0.05, 0.1) is 11.5 Å². The van der Waals surface area contributed by atoms with Crippen molar-refractivity contribution in [3.63, 3.8) is 0 Å². The first-order valence-corrected chi connectivity index (χ1v) is 8.25. The van der Waals surface area contributed by atoms with Crippen LogP contribution in [0, 0.1) is 0 Å². The Bertz CT molecular complexity index is 484. The van der Waals surface area contributed by atoms with E-state index in [-0.39, 0.29) is 0 Å². The minimum Gasteiger partial charge on any atom is -0.383 e. The normalized spacial score (nSPS) is 12.0. The largest absolute Gasteiger partial charge is 0.383 e. The summed E-state index contributed by atoms with van der Waals surface area (Å²) < 4.78 is 31.5. The second-order valence-electron chi connectivity index (χ2n) is 4.86. The van der Waals surface area contributed by atoms with Crippen LogP contribution in [0.15, 0.2) is 29.2 Å². The van der Waals surface area contributed by atoms with E-state index in [9.17, 15) is 8.42 Å². The van der Waals surface area contributed by atoms with E-state index >= 15 is 0 Å². The topological polar surface area (TPSA) is 67.4 Å². The third-order valence-corrected chi connectivity index (χ3v) is 4.41. The zero-order chi connectivity index (χ0) is 15.0. The minimum absolute atomic E-state index is 0.304. The average molecular weight is 300 g/mol. The molecule has 0 saturated heterocycles. The molecule has 20 heavy (non-hydrogen) atoms. The molecule has 0 unspecified atom stereocenters. The molecule has 1 aromatic rings. The molecule has 0 amide bonds. The summed E-state index contributed by atoms with van der Waals surface area (Å²) in [6.07, 6.45) is 0. The zero-order valence-corrected chi connectivity index (χ0v) is 13.2. The minimum atomic E-state index is -3.42. The fourth-order valence-corrected chi connectivity index (χ4v) is 2.72. The van der Waals surface area contributed by atoms with Crippen molar-refractivity contribution in [3.05, 3.63) is 29.8 Å². The number of hydrogen-bond donors (Lipinski definition) is 2. The summed E-state index contributed by atoms with van der Waals surface area (Å²) in [7, 11) is -1.79. The molecule has 0 radical (unpaired) electrons. The van der Waals surface area contributed by atoms with E-state index in [1.54, 1.807) is 19.2 Å². The van der Waals surface area contributed by atoms with Crippen LogP contribution in [0.2, 0.25) is 0 Å². The maximum absolute atomic E-state index is 12.0.